The topological polar surface area (TPSA) is 42.7 Å². The molecule has 4 aromatic rings. The molecule has 34 heavy (non-hydrogen) atoms. The number of alkyl halides is 3. The van der Waals surface area contributed by atoms with Crippen LogP contribution in [0.1, 0.15) is 31.5 Å². The largest absolute Gasteiger partial charge is 0.412 e. The zero-order valence-electron chi connectivity index (χ0n) is 18.3. The highest BCUT2D eigenvalue weighted by Gasteiger charge is 2.41. The molecular formula is C25H21F5N4. The van der Waals surface area contributed by atoms with E-state index in [0.29, 0.717) is 22.4 Å². The first-order chi connectivity index (χ1) is 16.1. The van der Waals surface area contributed by atoms with E-state index in [1.165, 1.54) is 24.4 Å². The van der Waals surface area contributed by atoms with Crippen LogP contribution in [-0.4, -0.2) is 20.9 Å². The molecule has 0 aliphatic rings. The molecule has 1 atom stereocenters. The van der Waals surface area contributed by atoms with Gasteiger partial charge in [-0.05, 0) is 73.5 Å². The van der Waals surface area contributed by atoms with Gasteiger partial charge in [-0.25, -0.2) is 13.8 Å². The second-order valence-electron chi connectivity index (χ2n) is 8.07. The number of hydrogen-bond donors (Lipinski definition) is 1. The summed E-state index contributed by atoms with van der Waals surface area (Å²) < 4.78 is 69.8. The summed E-state index contributed by atoms with van der Waals surface area (Å²) in [4.78, 5) is 4.06. The van der Waals surface area contributed by atoms with Crippen LogP contribution in [0.15, 0.2) is 73.1 Å². The zero-order valence-corrected chi connectivity index (χ0v) is 18.3. The molecule has 2 aromatic heterocycles. The number of hydrogen-bond acceptors (Lipinski definition) is 3. The van der Waals surface area contributed by atoms with Crippen LogP contribution in [0.25, 0.3) is 22.4 Å². The van der Waals surface area contributed by atoms with E-state index in [1.54, 1.807) is 29.1 Å². The predicted molar refractivity (Wildman–Crippen MR) is 120 cm³/mol. The average molecular weight is 472 g/mol. The fourth-order valence-corrected chi connectivity index (χ4v) is 3.52. The van der Waals surface area contributed by atoms with Crippen LogP contribution in [0.4, 0.5) is 27.8 Å². The number of benzene rings is 2. The van der Waals surface area contributed by atoms with Crippen molar-refractivity contribution in [1.29, 1.82) is 0 Å². The van der Waals surface area contributed by atoms with Gasteiger partial charge in [0.05, 0.1) is 0 Å². The zero-order chi connectivity index (χ0) is 24.5. The summed E-state index contributed by atoms with van der Waals surface area (Å²) in [6.07, 6.45) is -1.45. The van der Waals surface area contributed by atoms with E-state index in [1.807, 2.05) is 13.8 Å². The quantitative estimate of drug-likeness (QED) is 0.302. The minimum absolute atomic E-state index is 0.00787. The molecule has 4 rings (SSSR count). The Labute approximate surface area is 193 Å². The summed E-state index contributed by atoms with van der Waals surface area (Å²) in [5.41, 5.74) is 2.35. The Hall–Kier alpha value is -3.75. The van der Waals surface area contributed by atoms with Crippen molar-refractivity contribution in [3.05, 3.63) is 90.3 Å². The molecule has 0 amide bonds. The molecule has 0 fully saturated rings. The highest BCUT2D eigenvalue weighted by atomic mass is 19.4. The maximum absolute atomic E-state index is 13.8. The van der Waals surface area contributed by atoms with Crippen molar-refractivity contribution in [3.63, 3.8) is 0 Å². The maximum Gasteiger partial charge on any atom is 0.412 e. The molecule has 0 saturated heterocycles. The smallest absolute Gasteiger partial charge is 0.355 e. The fourth-order valence-electron chi connectivity index (χ4n) is 3.52. The molecule has 2 heterocycles. The molecule has 0 spiro atoms. The third kappa shape index (κ3) is 5.08. The first-order valence-corrected chi connectivity index (χ1v) is 10.5. The van der Waals surface area contributed by atoms with Gasteiger partial charge < -0.3 is 5.32 Å². The number of nitrogens with one attached hydrogen (secondary N) is 1. The van der Waals surface area contributed by atoms with Crippen molar-refractivity contribution in [1.82, 2.24) is 14.8 Å². The van der Waals surface area contributed by atoms with Crippen LogP contribution in [0.2, 0.25) is 0 Å². The van der Waals surface area contributed by atoms with Gasteiger partial charge in [0.1, 0.15) is 29.2 Å². The molecule has 0 aliphatic heterocycles. The predicted octanol–water partition coefficient (Wildman–Crippen LogP) is 7.19. The molecule has 4 nitrogen and oxygen atoms in total. The first kappa shape index (κ1) is 23.4. The molecule has 2 aromatic carbocycles. The van der Waals surface area contributed by atoms with Gasteiger partial charge in [-0.15, -0.1) is 0 Å². The van der Waals surface area contributed by atoms with E-state index >= 15 is 0 Å². The lowest BCUT2D eigenvalue weighted by atomic mass is 10.0. The highest BCUT2D eigenvalue weighted by molar-refractivity contribution is 5.81. The maximum atomic E-state index is 13.8. The molecule has 1 unspecified atom stereocenters. The molecule has 0 bridgehead atoms. The normalized spacial score (nSPS) is 12.7. The van der Waals surface area contributed by atoms with E-state index in [-0.39, 0.29) is 23.2 Å². The molecule has 1 N–H and O–H groups in total. The van der Waals surface area contributed by atoms with Crippen LogP contribution in [-0.2, 0) is 0 Å². The van der Waals surface area contributed by atoms with Gasteiger partial charge in [0.25, 0.3) is 0 Å². The lowest BCUT2D eigenvalue weighted by Crippen LogP contribution is -2.28. The van der Waals surface area contributed by atoms with Gasteiger partial charge in [-0.1, -0.05) is 12.1 Å². The van der Waals surface area contributed by atoms with Crippen LogP contribution in [0, 0.1) is 11.6 Å². The van der Waals surface area contributed by atoms with Gasteiger partial charge >= 0.3 is 6.18 Å². The number of halogens is 5. The summed E-state index contributed by atoms with van der Waals surface area (Å²) in [5.74, 6) is -1.02. The van der Waals surface area contributed by atoms with Crippen LogP contribution in [0.5, 0.6) is 0 Å². The number of pyridine rings is 1. The highest BCUT2D eigenvalue weighted by Crippen LogP contribution is 2.37. The lowest BCUT2D eigenvalue weighted by molar-refractivity contribution is -0.144. The number of nitrogens with zero attached hydrogens (tertiary/aromatic N) is 3. The van der Waals surface area contributed by atoms with E-state index < -0.39 is 18.0 Å². The SMILES string of the molecule is CC(C)n1cc(-c2ccnc(NC(c3ccc(F)cc3)C(F)(F)F)c2)c(-c2ccc(F)cc2)n1. The van der Waals surface area contributed by atoms with Gasteiger partial charge in [0.15, 0.2) is 0 Å². The Kier molecular flexibility index (Phi) is 6.37. The molecule has 176 valence electrons. The lowest BCUT2D eigenvalue weighted by Gasteiger charge is -2.22. The Morgan fingerprint density at radius 2 is 1.47 bits per heavy atom. The second kappa shape index (κ2) is 9.24. The third-order valence-corrected chi connectivity index (χ3v) is 5.27. The fraction of sp³-hybridized carbons (Fsp3) is 0.200. The van der Waals surface area contributed by atoms with Crippen molar-refractivity contribution in [2.24, 2.45) is 0 Å². The summed E-state index contributed by atoms with van der Waals surface area (Å²) in [7, 11) is 0. The molecule has 0 radical (unpaired) electrons. The standard InChI is InChI=1S/C25H21F5N4/c1-15(2)34-14-21(23(33-34)16-3-7-19(26)8-4-16)18-11-12-31-22(13-18)32-24(25(28,29)30)17-5-9-20(27)10-6-17/h3-15,24H,1-2H3,(H,31,32). The van der Waals surface area contributed by atoms with Crippen molar-refractivity contribution >= 4 is 5.82 Å². The van der Waals surface area contributed by atoms with Gasteiger partial charge in [-0.3, -0.25) is 4.68 Å². The Balaban J connectivity index is 1.73. The van der Waals surface area contributed by atoms with E-state index in [9.17, 15) is 22.0 Å². The first-order valence-electron chi connectivity index (χ1n) is 10.5. The van der Waals surface area contributed by atoms with Gasteiger partial charge in [-0.2, -0.15) is 18.3 Å². The van der Waals surface area contributed by atoms with E-state index in [4.69, 9.17) is 0 Å². The average Bonchev–Trinajstić information content (AvgIpc) is 3.24. The minimum atomic E-state index is -4.64. The van der Waals surface area contributed by atoms with Crippen molar-refractivity contribution < 1.29 is 22.0 Å². The summed E-state index contributed by atoms with van der Waals surface area (Å²) >= 11 is 0. The Morgan fingerprint density at radius 3 is 2.06 bits per heavy atom. The summed E-state index contributed by atoms with van der Waals surface area (Å²) in [5, 5.41) is 7.04. The van der Waals surface area contributed by atoms with E-state index in [2.05, 4.69) is 15.4 Å². The van der Waals surface area contributed by atoms with E-state index in [0.717, 1.165) is 24.3 Å². The molecule has 0 aliphatic carbocycles. The van der Waals surface area contributed by atoms with Crippen LogP contribution in [0.3, 0.4) is 0 Å². The molecule has 0 saturated carbocycles. The monoisotopic (exact) mass is 472 g/mol. The van der Waals surface area contributed by atoms with Crippen molar-refractivity contribution in [3.8, 4) is 22.4 Å². The summed E-state index contributed by atoms with van der Waals surface area (Å²) in [6, 6.07) is 11.1. The minimum Gasteiger partial charge on any atom is -0.355 e. The number of aromatic nitrogens is 3. The van der Waals surface area contributed by atoms with Crippen LogP contribution >= 0.6 is 0 Å². The van der Waals surface area contributed by atoms with Crippen molar-refractivity contribution in [2.75, 3.05) is 5.32 Å². The van der Waals surface area contributed by atoms with Crippen LogP contribution < -0.4 is 5.32 Å². The molecule has 9 heteroatoms. The third-order valence-electron chi connectivity index (χ3n) is 5.27. The second-order valence-corrected chi connectivity index (χ2v) is 8.07. The molecular weight excluding hydrogens is 451 g/mol. The Morgan fingerprint density at radius 1 is 0.853 bits per heavy atom. The van der Waals surface area contributed by atoms with Gasteiger partial charge in [0, 0.05) is 29.6 Å². The van der Waals surface area contributed by atoms with Gasteiger partial charge in [0.2, 0.25) is 0 Å². The summed E-state index contributed by atoms with van der Waals surface area (Å²) in [6.45, 7) is 3.89. The van der Waals surface area contributed by atoms with Crippen molar-refractivity contribution in [2.45, 2.75) is 32.1 Å². The Bertz CT molecular complexity index is 1260. The number of rotatable bonds is 6. The number of anilines is 1.